The number of cyclic esters (lactones) is 1. The van der Waals surface area contributed by atoms with Crippen LogP contribution in [0.3, 0.4) is 0 Å². The van der Waals surface area contributed by atoms with Crippen molar-refractivity contribution >= 4 is 35.8 Å². The monoisotopic (exact) mass is 1120 g/mol. The highest BCUT2D eigenvalue weighted by atomic mass is 16.6. The Bertz CT molecular complexity index is 1880. The number of rotatable bonds is 51. The molecule has 0 aliphatic carbocycles. The van der Waals surface area contributed by atoms with Crippen molar-refractivity contribution in [2.45, 2.75) is 305 Å². The molecule has 0 amide bonds. The quantitative estimate of drug-likeness (QED) is 0.0199. The number of esters is 6. The summed E-state index contributed by atoms with van der Waals surface area (Å²) in [6.45, 7) is 11.8. The van der Waals surface area contributed by atoms with Crippen molar-refractivity contribution in [2.75, 3.05) is 27.4 Å². The average Bonchev–Trinajstić information content (AvgIpc) is 4.06. The van der Waals surface area contributed by atoms with Crippen LogP contribution in [0.15, 0.2) is 11.6 Å². The van der Waals surface area contributed by atoms with Gasteiger partial charge in [0.25, 0.3) is 0 Å². The summed E-state index contributed by atoms with van der Waals surface area (Å²) in [6, 6.07) is 0. The Morgan fingerprint density at radius 1 is 0.525 bits per heavy atom. The van der Waals surface area contributed by atoms with E-state index in [1.165, 1.54) is 136 Å². The Kier molecular flexibility index (Phi) is 41.3. The number of allylic oxidation sites excluding steroid dienone is 2. The lowest BCUT2D eigenvalue weighted by molar-refractivity contribution is -0.169. The second-order valence-corrected chi connectivity index (χ2v) is 23.1. The molecule has 458 valence electrons. The van der Waals surface area contributed by atoms with Gasteiger partial charge < -0.3 is 33.2 Å². The molecule has 1 aromatic carbocycles. The third-order valence-corrected chi connectivity index (χ3v) is 15.9. The molecule has 2 atom stereocenters. The fourth-order valence-corrected chi connectivity index (χ4v) is 10.4. The fraction of sp³-hybridized carbons (Fsp3) is 0.791. The maximum atomic E-state index is 13.6. The van der Waals surface area contributed by atoms with Gasteiger partial charge in [0.1, 0.15) is 31.1 Å². The van der Waals surface area contributed by atoms with E-state index in [0.29, 0.717) is 55.4 Å². The van der Waals surface area contributed by atoms with Gasteiger partial charge in [0.2, 0.25) is 0 Å². The van der Waals surface area contributed by atoms with Crippen molar-refractivity contribution in [2.24, 2.45) is 11.8 Å². The number of fused-ring (bicyclic) bond motifs is 1. The second kappa shape index (κ2) is 46.1. The third-order valence-electron chi connectivity index (χ3n) is 15.9. The molecule has 0 aromatic heterocycles. The predicted molar refractivity (Wildman–Crippen MR) is 319 cm³/mol. The summed E-state index contributed by atoms with van der Waals surface area (Å²) >= 11 is 0. The maximum Gasteiger partial charge on any atom is 0.342 e. The van der Waals surface area contributed by atoms with Crippen LogP contribution in [-0.4, -0.2) is 69.4 Å². The molecule has 2 rings (SSSR count). The Labute approximate surface area is 485 Å². The van der Waals surface area contributed by atoms with E-state index >= 15 is 0 Å². The molecule has 0 N–H and O–H groups in total. The SMILES string of the molecule is CCCCCCCCCCCCCCCC(=O)OCC(COC(=O)CCCCCCCCCCCCCCC)OC(=O)C(C)CCCCCCCCC(C)C(=O)Oc1c(C/C=C(\C)CCC(=O)OC)c(OC)c(C)c2c1C(=O)OC2. The van der Waals surface area contributed by atoms with Gasteiger partial charge in [-0.1, -0.05) is 232 Å². The molecule has 0 radical (unpaired) electrons. The van der Waals surface area contributed by atoms with Crippen LogP contribution in [0.25, 0.3) is 0 Å². The summed E-state index contributed by atoms with van der Waals surface area (Å²) in [5.41, 5.74) is 3.19. The molecule has 1 aliphatic heterocycles. The van der Waals surface area contributed by atoms with E-state index in [1.54, 1.807) is 7.11 Å². The molecular formula is C67H112O13. The van der Waals surface area contributed by atoms with Crippen molar-refractivity contribution < 1.29 is 61.9 Å². The van der Waals surface area contributed by atoms with E-state index in [9.17, 15) is 28.8 Å². The van der Waals surface area contributed by atoms with E-state index in [-0.39, 0.29) is 61.4 Å². The van der Waals surface area contributed by atoms with Crippen molar-refractivity contribution in [3.8, 4) is 11.5 Å². The molecule has 2 unspecified atom stereocenters. The summed E-state index contributed by atoms with van der Waals surface area (Å²) in [5.74, 6) is -2.41. The van der Waals surface area contributed by atoms with Crippen LogP contribution in [0.4, 0.5) is 0 Å². The minimum Gasteiger partial charge on any atom is -0.496 e. The number of hydrogen-bond donors (Lipinski definition) is 0. The highest BCUT2D eigenvalue weighted by molar-refractivity contribution is 5.99. The summed E-state index contributed by atoms with van der Waals surface area (Å²) in [5, 5.41) is 0. The van der Waals surface area contributed by atoms with Gasteiger partial charge in [0, 0.05) is 30.4 Å². The molecule has 13 nitrogen and oxygen atoms in total. The van der Waals surface area contributed by atoms with Crippen LogP contribution < -0.4 is 9.47 Å². The molecule has 0 bridgehead atoms. The molecule has 0 spiro atoms. The number of benzene rings is 1. The first-order valence-electron chi connectivity index (χ1n) is 32.1. The topological polar surface area (TPSA) is 167 Å². The van der Waals surface area contributed by atoms with E-state index < -0.39 is 29.9 Å². The molecule has 1 aliphatic rings. The van der Waals surface area contributed by atoms with Crippen molar-refractivity contribution in [1.82, 2.24) is 0 Å². The van der Waals surface area contributed by atoms with E-state index in [1.807, 2.05) is 33.8 Å². The first-order chi connectivity index (χ1) is 38.8. The van der Waals surface area contributed by atoms with Crippen molar-refractivity contribution in [3.63, 3.8) is 0 Å². The summed E-state index contributed by atoms with van der Waals surface area (Å²) in [4.78, 5) is 77.3. The molecule has 1 aromatic rings. The van der Waals surface area contributed by atoms with Gasteiger partial charge >= 0.3 is 35.8 Å². The average molecular weight is 1130 g/mol. The van der Waals surface area contributed by atoms with Crippen LogP contribution in [0, 0.1) is 18.8 Å². The van der Waals surface area contributed by atoms with Gasteiger partial charge in [-0.25, -0.2) is 4.79 Å². The zero-order valence-corrected chi connectivity index (χ0v) is 51.8. The number of carbonyl (C=O) groups is 6. The zero-order chi connectivity index (χ0) is 58.6. The Morgan fingerprint density at radius 2 is 0.938 bits per heavy atom. The summed E-state index contributed by atoms with van der Waals surface area (Å²) in [6.07, 6.45) is 41.3. The van der Waals surface area contributed by atoms with Gasteiger partial charge in [-0.2, -0.15) is 0 Å². The van der Waals surface area contributed by atoms with Crippen LogP contribution in [0.5, 0.6) is 11.5 Å². The highest BCUT2D eigenvalue weighted by Gasteiger charge is 2.35. The largest absolute Gasteiger partial charge is 0.496 e. The highest BCUT2D eigenvalue weighted by Crippen LogP contribution is 2.43. The van der Waals surface area contributed by atoms with Gasteiger partial charge in [-0.05, 0) is 57.9 Å². The summed E-state index contributed by atoms with van der Waals surface area (Å²) in [7, 11) is 2.91. The number of methoxy groups -OCH3 is 2. The number of ether oxygens (including phenoxy) is 7. The normalized spacial score (nSPS) is 13.0. The third kappa shape index (κ3) is 32.3. The Hall–Kier alpha value is -4.42. The van der Waals surface area contributed by atoms with E-state index in [4.69, 9.17) is 33.2 Å². The minimum atomic E-state index is -0.869. The first kappa shape index (κ1) is 71.7. The maximum absolute atomic E-state index is 13.6. The number of carbonyl (C=O) groups excluding carboxylic acids is 6. The van der Waals surface area contributed by atoms with Gasteiger partial charge in [0.05, 0.1) is 26.1 Å². The molecule has 1 heterocycles. The van der Waals surface area contributed by atoms with Crippen LogP contribution in [-0.2, 0) is 60.7 Å². The van der Waals surface area contributed by atoms with Gasteiger partial charge in [-0.3, -0.25) is 24.0 Å². The summed E-state index contributed by atoms with van der Waals surface area (Å²) < 4.78 is 39.1. The van der Waals surface area contributed by atoms with Crippen LogP contribution >= 0.6 is 0 Å². The van der Waals surface area contributed by atoms with Crippen molar-refractivity contribution in [3.05, 3.63) is 33.9 Å². The first-order valence-corrected chi connectivity index (χ1v) is 32.1. The van der Waals surface area contributed by atoms with Crippen molar-refractivity contribution in [1.29, 1.82) is 0 Å². The molecule has 0 fully saturated rings. The Morgan fingerprint density at radius 3 is 1.36 bits per heavy atom. The molecule has 0 saturated heterocycles. The van der Waals surface area contributed by atoms with Gasteiger partial charge in [-0.15, -0.1) is 0 Å². The fourth-order valence-electron chi connectivity index (χ4n) is 10.4. The second-order valence-electron chi connectivity index (χ2n) is 23.1. The predicted octanol–water partition coefficient (Wildman–Crippen LogP) is 17.4. The Balaban J connectivity index is 1.80. The lowest BCUT2D eigenvalue weighted by atomic mass is 9.94. The standard InChI is InChI=1S/C67H112O13/c1-9-11-13-15-17-19-21-23-25-27-29-35-39-43-60(69)76-49-56(50-77-61(70)44-40-36-30-28-26-24-22-20-18-16-14-12-10-2)79-65(71)53(4)41-37-33-31-32-34-38-42-54(5)66(72)80-64-57(47-45-52(3)46-48-59(68)74-7)63(75-8)55(6)58-51-78-67(73)62(58)64/h45,53-54,56H,9-44,46-51H2,1-8H3/b52-45+. The van der Waals surface area contributed by atoms with E-state index in [0.717, 1.165) is 88.2 Å². The lowest BCUT2D eigenvalue weighted by Crippen LogP contribution is -2.32. The van der Waals surface area contributed by atoms with E-state index in [2.05, 4.69) is 13.8 Å². The number of hydrogen-bond acceptors (Lipinski definition) is 13. The van der Waals surface area contributed by atoms with Gasteiger partial charge in [0.15, 0.2) is 11.9 Å². The molecule has 80 heavy (non-hydrogen) atoms. The lowest BCUT2D eigenvalue weighted by Gasteiger charge is -2.20. The molecule has 13 heteroatoms. The minimum absolute atomic E-state index is 0.0741. The van der Waals surface area contributed by atoms with Crippen LogP contribution in [0.2, 0.25) is 0 Å². The van der Waals surface area contributed by atoms with Crippen LogP contribution in [0.1, 0.15) is 306 Å². The molecule has 0 saturated carbocycles. The molecular weight excluding hydrogens is 1010 g/mol. The number of unbranched alkanes of at least 4 members (excludes halogenated alkanes) is 29. The smallest absolute Gasteiger partial charge is 0.342 e. The zero-order valence-electron chi connectivity index (χ0n) is 51.8.